The number of carbonyl (C=O) groups is 2. The number of nitrogens with zero attached hydrogens (tertiary/aromatic N) is 2. The normalized spacial score (nSPS) is 25.1. The van der Waals surface area contributed by atoms with Gasteiger partial charge in [-0.2, -0.15) is 0 Å². The van der Waals surface area contributed by atoms with Gasteiger partial charge in [0.1, 0.15) is 5.75 Å². The molecule has 3 atom stereocenters. The smallest absolute Gasteiger partial charge is 0.257 e. The number of carbonyl (C=O) groups excluding carboxylic acids is 2. The van der Waals surface area contributed by atoms with E-state index in [1.165, 1.54) is 0 Å². The summed E-state index contributed by atoms with van der Waals surface area (Å²) in [6, 6.07) is 7.71. The summed E-state index contributed by atoms with van der Waals surface area (Å²) in [5, 5.41) is 0. The van der Waals surface area contributed by atoms with Gasteiger partial charge in [0.25, 0.3) is 5.91 Å². The van der Waals surface area contributed by atoms with Crippen molar-refractivity contribution in [2.45, 2.75) is 45.1 Å². The van der Waals surface area contributed by atoms with Crippen LogP contribution in [0.5, 0.6) is 5.75 Å². The number of fused-ring (bicyclic) bond motifs is 1. The lowest BCUT2D eigenvalue weighted by molar-refractivity contribution is -0.134. The Morgan fingerprint density at radius 1 is 1.27 bits per heavy atom. The molecule has 1 saturated carbocycles. The highest BCUT2D eigenvalue weighted by atomic mass is 16.5. The maximum atomic E-state index is 13.1. The summed E-state index contributed by atoms with van der Waals surface area (Å²) in [5.41, 5.74) is 0.633. The van der Waals surface area contributed by atoms with Crippen molar-refractivity contribution in [3.8, 4) is 5.75 Å². The zero-order valence-corrected chi connectivity index (χ0v) is 16.1. The number of rotatable bonds is 6. The topological polar surface area (TPSA) is 49.9 Å². The van der Waals surface area contributed by atoms with Gasteiger partial charge in [-0.1, -0.05) is 25.5 Å². The molecular weight excluding hydrogens is 328 g/mol. The summed E-state index contributed by atoms with van der Waals surface area (Å²) >= 11 is 0. The Labute approximate surface area is 156 Å². The van der Waals surface area contributed by atoms with Crippen LogP contribution in [0.1, 0.15) is 49.4 Å². The number of amides is 2. The molecule has 3 rings (SSSR count). The molecule has 0 aromatic heterocycles. The van der Waals surface area contributed by atoms with Gasteiger partial charge in [0.05, 0.1) is 12.2 Å². The van der Waals surface area contributed by atoms with Gasteiger partial charge in [-0.15, -0.1) is 0 Å². The molecule has 26 heavy (non-hydrogen) atoms. The molecule has 1 aromatic carbocycles. The quantitative estimate of drug-likeness (QED) is 0.734. The fourth-order valence-corrected chi connectivity index (χ4v) is 4.26. The van der Waals surface area contributed by atoms with Gasteiger partial charge in [0.15, 0.2) is 0 Å². The minimum Gasteiger partial charge on any atom is -0.493 e. The van der Waals surface area contributed by atoms with E-state index in [4.69, 9.17) is 4.74 Å². The average Bonchev–Trinajstić information content (AvgIpc) is 3.04. The zero-order chi connectivity index (χ0) is 18.7. The Morgan fingerprint density at radius 2 is 2.00 bits per heavy atom. The van der Waals surface area contributed by atoms with E-state index in [-0.39, 0.29) is 17.9 Å². The summed E-state index contributed by atoms with van der Waals surface area (Å²) in [4.78, 5) is 28.8. The minimum absolute atomic E-state index is 0.0143. The van der Waals surface area contributed by atoms with Crippen LogP contribution >= 0.6 is 0 Å². The average molecular weight is 358 g/mol. The van der Waals surface area contributed by atoms with Crippen LogP contribution in [0.15, 0.2) is 24.3 Å². The molecule has 5 nitrogen and oxygen atoms in total. The maximum absolute atomic E-state index is 13.1. The van der Waals surface area contributed by atoms with Crippen molar-refractivity contribution in [2.24, 2.45) is 11.8 Å². The SMILES string of the molecule is CCCCOc1ccccc1C(=O)N(C)[C@@H]1C[C@@H]2CC(=O)N(C)C[C@@H]2C1. The molecule has 5 heteroatoms. The number of piperidine rings is 1. The summed E-state index contributed by atoms with van der Waals surface area (Å²) in [6.45, 7) is 3.57. The van der Waals surface area contributed by atoms with Crippen LogP contribution in [-0.4, -0.2) is 54.9 Å². The molecular formula is C21H30N2O3. The van der Waals surface area contributed by atoms with E-state index in [1.807, 2.05) is 48.2 Å². The largest absolute Gasteiger partial charge is 0.493 e. The first-order valence-electron chi connectivity index (χ1n) is 9.74. The summed E-state index contributed by atoms with van der Waals surface area (Å²) in [7, 11) is 3.77. The van der Waals surface area contributed by atoms with E-state index in [9.17, 15) is 9.59 Å². The van der Waals surface area contributed by atoms with Gasteiger partial charge >= 0.3 is 0 Å². The Hall–Kier alpha value is -2.04. The number of ether oxygens (including phenoxy) is 1. The fourth-order valence-electron chi connectivity index (χ4n) is 4.26. The molecule has 0 spiro atoms. The van der Waals surface area contributed by atoms with E-state index in [0.29, 0.717) is 36.2 Å². The minimum atomic E-state index is 0.0143. The summed E-state index contributed by atoms with van der Waals surface area (Å²) in [5.74, 6) is 1.84. The van der Waals surface area contributed by atoms with Gasteiger partial charge in [0.2, 0.25) is 5.91 Å². The van der Waals surface area contributed by atoms with Crippen molar-refractivity contribution >= 4 is 11.8 Å². The van der Waals surface area contributed by atoms with Crippen molar-refractivity contribution < 1.29 is 14.3 Å². The molecule has 1 aliphatic carbocycles. The predicted molar refractivity (Wildman–Crippen MR) is 101 cm³/mol. The molecule has 0 N–H and O–H groups in total. The van der Waals surface area contributed by atoms with Crippen molar-refractivity contribution in [1.29, 1.82) is 0 Å². The van der Waals surface area contributed by atoms with Gasteiger partial charge in [0, 0.05) is 33.1 Å². The Bertz CT molecular complexity index is 660. The number of benzene rings is 1. The number of para-hydroxylation sites is 1. The second-order valence-corrected chi connectivity index (χ2v) is 7.74. The molecule has 1 saturated heterocycles. The first kappa shape index (κ1) is 18.7. The monoisotopic (exact) mass is 358 g/mol. The second kappa shape index (κ2) is 8.11. The van der Waals surface area contributed by atoms with Crippen molar-refractivity contribution in [3.05, 3.63) is 29.8 Å². The molecule has 0 radical (unpaired) electrons. The van der Waals surface area contributed by atoms with Crippen molar-refractivity contribution in [2.75, 3.05) is 27.2 Å². The van der Waals surface area contributed by atoms with Crippen molar-refractivity contribution in [3.63, 3.8) is 0 Å². The Kier molecular flexibility index (Phi) is 5.84. The number of hydrogen-bond acceptors (Lipinski definition) is 3. The van der Waals surface area contributed by atoms with Crippen LogP contribution in [0, 0.1) is 11.8 Å². The van der Waals surface area contributed by atoms with Gasteiger partial charge in [-0.25, -0.2) is 0 Å². The van der Waals surface area contributed by atoms with Gasteiger partial charge < -0.3 is 14.5 Å². The van der Waals surface area contributed by atoms with Crippen LogP contribution < -0.4 is 4.74 Å². The summed E-state index contributed by atoms with van der Waals surface area (Å²) < 4.78 is 5.84. The highest BCUT2D eigenvalue weighted by Gasteiger charge is 2.42. The number of unbranched alkanes of at least 4 members (excludes halogenated alkanes) is 1. The van der Waals surface area contributed by atoms with Gasteiger partial charge in [-0.3, -0.25) is 9.59 Å². The highest BCUT2D eigenvalue weighted by Crippen LogP contribution is 2.40. The van der Waals surface area contributed by atoms with Crippen LogP contribution in [0.25, 0.3) is 0 Å². The molecule has 2 aliphatic rings. The molecule has 1 aliphatic heterocycles. The maximum Gasteiger partial charge on any atom is 0.257 e. The molecule has 2 amide bonds. The highest BCUT2D eigenvalue weighted by molar-refractivity contribution is 5.97. The number of likely N-dealkylation sites (tertiary alicyclic amines) is 1. The van der Waals surface area contributed by atoms with E-state index >= 15 is 0 Å². The molecule has 0 bridgehead atoms. The van der Waals surface area contributed by atoms with Crippen LogP contribution in [0.4, 0.5) is 0 Å². The van der Waals surface area contributed by atoms with Crippen LogP contribution in [-0.2, 0) is 4.79 Å². The first-order valence-corrected chi connectivity index (χ1v) is 9.74. The van der Waals surface area contributed by atoms with E-state index < -0.39 is 0 Å². The van der Waals surface area contributed by atoms with Gasteiger partial charge in [-0.05, 0) is 43.2 Å². The summed E-state index contributed by atoms with van der Waals surface area (Å²) in [6.07, 6.45) is 4.56. The lowest BCUT2D eigenvalue weighted by atomic mass is 9.88. The van der Waals surface area contributed by atoms with E-state index in [0.717, 1.165) is 32.2 Å². The number of hydrogen-bond donors (Lipinski definition) is 0. The zero-order valence-electron chi connectivity index (χ0n) is 16.1. The Morgan fingerprint density at radius 3 is 2.77 bits per heavy atom. The third kappa shape index (κ3) is 3.87. The first-order chi connectivity index (χ1) is 12.5. The lowest BCUT2D eigenvalue weighted by Gasteiger charge is -2.31. The third-order valence-corrected chi connectivity index (χ3v) is 5.93. The van der Waals surface area contributed by atoms with Crippen molar-refractivity contribution in [1.82, 2.24) is 9.80 Å². The predicted octanol–water partition coefficient (Wildman–Crippen LogP) is 3.19. The molecule has 1 heterocycles. The molecule has 0 unspecified atom stereocenters. The Balaban J connectivity index is 1.68. The standard InChI is InChI=1S/C21H30N2O3/c1-4-5-10-26-19-9-7-6-8-18(19)21(25)23(3)17-11-15-13-20(24)22(2)14-16(15)12-17/h6-9,15-17H,4-5,10-14H2,1-3H3/t15-,16+,17-/m1/s1. The molecule has 142 valence electrons. The second-order valence-electron chi connectivity index (χ2n) is 7.74. The third-order valence-electron chi connectivity index (χ3n) is 5.93. The molecule has 1 aromatic rings. The van der Waals surface area contributed by atoms with Crippen LogP contribution in [0.2, 0.25) is 0 Å². The molecule has 2 fully saturated rings. The lowest BCUT2D eigenvalue weighted by Crippen LogP contribution is -2.40. The fraction of sp³-hybridized carbons (Fsp3) is 0.619. The van der Waals surface area contributed by atoms with E-state index in [2.05, 4.69) is 6.92 Å². The van der Waals surface area contributed by atoms with Crippen LogP contribution in [0.3, 0.4) is 0 Å². The van der Waals surface area contributed by atoms with E-state index in [1.54, 1.807) is 0 Å².